The zero-order valence-electron chi connectivity index (χ0n) is 11.0. The van der Waals surface area contributed by atoms with E-state index in [1.54, 1.807) is 30.3 Å². The van der Waals surface area contributed by atoms with Crippen molar-refractivity contribution < 1.29 is 31.5 Å². The Kier molecular flexibility index (Phi) is 5.70. The molecule has 2 aromatic rings. The van der Waals surface area contributed by atoms with Gasteiger partial charge in [0.2, 0.25) is 0 Å². The van der Waals surface area contributed by atoms with Gasteiger partial charge in [0.1, 0.15) is 0 Å². The van der Waals surface area contributed by atoms with Gasteiger partial charge < -0.3 is 0 Å². The zero-order valence-corrected chi connectivity index (χ0v) is 13.9. The Hall–Kier alpha value is -1.70. The van der Waals surface area contributed by atoms with E-state index in [0.29, 0.717) is 14.8 Å². The molecule has 2 N–H and O–H groups in total. The van der Waals surface area contributed by atoms with Crippen LogP contribution in [-0.2, 0) is 0 Å². The summed E-state index contributed by atoms with van der Waals surface area (Å²) in [5, 5.41) is 31.1. The second-order valence-corrected chi connectivity index (χ2v) is 7.04. The van der Waals surface area contributed by atoms with Gasteiger partial charge in [0.15, 0.2) is 0 Å². The van der Waals surface area contributed by atoms with Crippen molar-refractivity contribution in [2.24, 2.45) is 0 Å². The molecule has 0 aromatic heterocycles. The number of hydrogen-bond acceptors (Lipinski definition) is 5. The third kappa shape index (κ3) is 4.40. The van der Waals surface area contributed by atoms with Crippen LogP contribution in [0.3, 0.4) is 0 Å². The molecule has 0 heterocycles. The van der Waals surface area contributed by atoms with Crippen molar-refractivity contribution in [2.45, 2.75) is 0 Å². The summed E-state index contributed by atoms with van der Waals surface area (Å²) < 4.78 is 0.440. The minimum absolute atomic E-state index is 0.121. The van der Waals surface area contributed by atoms with Gasteiger partial charge in [-0.25, -0.2) is 0 Å². The third-order valence-corrected chi connectivity index (χ3v) is 4.59. The van der Waals surface area contributed by atoms with E-state index in [-0.39, 0.29) is 14.0 Å². The van der Waals surface area contributed by atoms with Crippen molar-refractivity contribution in [3.63, 3.8) is 0 Å². The van der Waals surface area contributed by atoms with Gasteiger partial charge in [-0.3, -0.25) is 0 Å². The van der Waals surface area contributed by atoms with Crippen LogP contribution in [0.15, 0.2) is 42.5 Å². The maximum atomic E-state index is 12.2. The van der Waals surface area contributed by atoms with Gasteiger partial charge in [0.05, 0.1) is 0 Å². The van der Waals surface area contributed by atoms with Gasteiger partial charge in [-0.2, -0.15) is 0 Å². The van der Waals surface area contributed by atoms with Gasteiger partial charge >= 0.3 is 142 Å². The van der Waals surface area contributed by atoms with Gasteiger partial charge in [-0.05, 0) is 0 Å². The van der Waals surface area contributed by atoms with Crippen molar-refractivity contribution in [1.29, 1.82) is 5.26 Å². The van der Waals surface area contributed by atoms with Crippen molar-refractivity contribution in [3.8, 4) is 6.07 Å². The van der Waals surface area contributed by atoms with Crippen LogP contribution >= 0.6 is 11.6 Å². The van der Waals surface area contributed by atoms with Crippen LogP contribution in [0.4, 0.5) is 5.69 Å². The molecule has 0 fully saturated rings. The maximum absolute atomic E-state index is 12.2. The molecule has 0 saturated heterocycles. The predicted molar refractivity (Wildman–Crippen MR) is 76.3 cm³/mol. The Labute approximate surface area is 142 Å². The summed E-state index contributed by atoms with van der Waals surface area (Å²) >= 11 is 4.70. The van der Waals surface area contributed by atoms with Crippen LogP contribution in [0.1, 0.15) is 15.9 Å². The van der Waals surface area contributed by atoms with Gasteiger partial charge in [-0.15, -0.1) is 0 Å². The average molecular weight is 430 g/mol. The second-order valence-electron chi connectivity index (χ2n) is 4.08. The SMILES string of the molecule is N#Cc1ccc(NC(=O)c2cc([I-]N([O-])O)ccc2Cl)cc1. The van der Waals surface area contributed by atoms with E-state index in [0.717, 1.165) is 0 Å². The Morgan fingerprint density at radius 3 is 2.59 bits per heavy atom. The first kappa shape index (κ1) is 16.7. The van der Waals surface area contributed by atoms with Crippen molar-refractivity contribution >= 4 is 23.2 Å². The van der Waals surface area contributed by atoms with Gasteiger partial charge in [0.25, 0.3) is 0 Å². The molecule has 0 saturated carbocycles. The standard InChI is InChI=1S/C14H9ClIN3O3/c15-13-6-3-10(16-19(21)22)7-12(13)14(20)18-11-4-1-9(8-17)2-5-11/h1-7,21H,(H,18,20)/q-2. The molecule has 2 rings (SSSR count). The fourth-order valence-electron chi connectivity index (χ4n) is 1.63. The fraction of sp³-hybridized carbons (Fsp3) is 0. The molecular weight excluding hydrogens is 421 g/mol. The first-order chi connectivity index (χ1) is 10.5. The molecule has 22 heavy (non-hydrogen) atoms. The fourth-order valence-corrected chi connectivity index (χ4v) is 3.11. The summed E-state index contributed by atoms with van der Waals surface area (Å²) in [6, 6.07) is 12.9. The minimum atomic E-state index is -1.30. The van der Waals surface area contributed by atoms with E-state index in [9.17, 15) is 10.0 Å². The van der Waals surface area contributed by atoms with Crippen LogP contribution in [0.25, 0.3) is 0 Å². The van der Waals surface area contributed by atoms with E-state index >= 15 is 0 Å². The monoisotopic (exact) mass is 429 g/mol. The average Bonchev–Trinajstić information content (AvgIpc) is 2.49. The van der Waals surface area contributed by atoms with E-state index < -0.39 is 27.4 Å². The molecule has 6 nitrogen and oxygen atoms in total. The Bertz CT molecular complexity index is 729. The molecule has 8 heteroatoms. The van der Waals surface area contributed by atoms with E-state index in [1.807, 2.05) is 6.07 Å². The summed E-state index contributed by atoms with van der Waals surface area (Å²) in [6.07, 6.45) is 0. The summed E-state index contributed by atoms with van der Waals surface area (Å²) in [6.45, 7) is 0. The molecule has 0 aliphatic rings. The number of carbonyl (C=O) groups is 1. The number of nitrogens with zero attached hydrogens (tertiary/aromatic N) is 2. The number of benzene rings is 2. The summed E-state index contributed by atoms with van der Waals surface area (Å²) in [5.41, 5.74) is 1.22. The summed E-state index contributed by atoms with van der Waals surface area (Å²) in [4.78, 5) is 12.2. The Morgan fingerprint density at radius 1 is 1.32 bits per heavy atom. The summed E-state index contributed by atoms with van der Waals surface area (Å²) in [5.74, 6) is -0.434. The normalized spacial score (nSPS) is 10.5. The molecule has 0 aliphatic heterocycles. The van der Waals surface area contributed by atoms with E-state index in [1.165, 1.54) is 12.1 Å². The molecule has 0 aliphatic carbocycles. The van der Waals surface area contributed by atoms with Gasteiger partial charge in [-0.1, -0.05) is 0 Å². The molecule has 0 unspecified atom stereocenters. The van der Waals surface area contributed by atoms with Crippen LogP contribution in [0.2, 0.25) is 5.02 Å². The van der Waals surface area contributed by atoms with Crippen molar-refractivity contribution in [1.82, 2.24) is 3.44 Å². The van der Waals surface area contributed by atoms with E-state index in [4.69, 9.17) is 22.1 Å². The third-order valence-electron chi connectivity index (χ3n) is 2.61. The van der Waals surface area contributed by atoms with Crippen LogP contribution < -0.4 is 26.8 Å². The molecule has 114 valence electrons. The molecule has 1 amide bonds. The molecule has 0 spiro atoms. The number of nitrogens with one attached hydrogen (secondary N) is 1. The van der Waals surface area contributed by atoms with Crippen LogP contribution in [0, 0.1) is 20.1 Å². The number of halogens is 2. The Balaban J connectivity index is 2.19. The molecular formula is C14H9ClIN3O3-2. The topological polar surface area (TPSA) is 99.4 Å². The number of nitriles is 1. The number of anilines is 1. The molecule has 0 radical (unpaired) electrons. The van der Waals surface area contributed by atoms with Crippen molar-refractivity contribution in [2.75, 3.05) is 5.32 Å². The molecule has 2 aromatic carbocycles. The first-order valence-electron chi connectivity index (χ1n) is 5.92. The summed E-state index contributed by atoms with van der Waals surface area (Å²) in [7, 11) is 0. The quantitative estimate of drug-likeness (QED) is 0.399. The molecule has 0 bridgehead atoms. The zero-order chi connectivity index (χ0) is 16.1. The number of amides is 1. The number of carbonyl (C=O) groups excluding carboxylic acids is 1. The molecule has 0 atom stereocenters. The van der Waals surface area contributed by atoms with Gasteiger partial charge in [0, 0.05) is 0 Å². The Morgan fingerprint density at radius 2 is 2.00 bits per heavy atom. The first-order valence-corrected chi connectivity index (χ1v) is 8.34. The second kappa shape index (κ2) is 7.53. The predicted octanol–water partition coefficient (Wildman–Crippen LogP) is -0.173. The van der Waals surface area contributed by atoms with Crippen molar-refractivity contribution in [3.05, 3.63) is 67.4 Å². The number of rotatable bonds is 4. The number of hydrogen-bond donors (Lipinski definition) is 2. The van der Waals surface area contributed by atoms with Crippen LogP contribution in [-0.4, -0.2) is 14.6 Å². The van der Waals surface area contributed by atoms with E-state index in [2.05, 4.69) is 5.32 Å². The van der Waals surface area contributed by atoms with Crippen LogP contribution in [0.5, 0.6) is 0 Å².